The minimum atomic E-state index is -0.441. The lowest BCUT2D eigenvalue weighted by atomic mass is 9.84. The second kappa shape index (κ2) is 8.07. The van der Waals surface area contributed by atoms with E-state index in [2.05, 4.69) is 15.5 Å². The standard InChI is InChI=1S/C23H22FN3O2/c1-14-9-10-16(24)13-20(14)22(28)25-17-6-4-5-15(11-17)12-21-18-7-2-3-8-19(18)23(29)27-26-21/h4-6,9-11,13,21H,2-3,7-8,12H2,1H3,(H,25,28). The summed E-state index contributed by atoms with van der Waals surface area (Å²) in [5.41, 5.74) is 4.60. The Balaban J connectivity index is 1.51. The van der Waals surface area contributed by atoms with Crippen LogP contribution in [-0.4, -0.2) is 17.9 Å². The highest BCUT2D eigenvalue weighted by Gasteiger charge is 2.28. The average Bonchev–Trinajstić information content (AvgIpc) is 2.72. The van der Waals surface area contributed by atoms with E-state index in [-0.39, 0.29) is 17.9 Å². The lowest BCUT2D eigenvalue weighted by molar-refractivity contribution is -0.115. The fraction of sp³-hybridized carbons (Fsp3) is 0.304. The van der Waals surface area contributed by atoms with Gasteiger partial charge in [-0.2, -0.15) is 5.11 Å². The molecule has 2 aromatic rings. The van der Waals surface area contributed by atoms with Crippen LogP contribution >= 0.6 is 0 Å². The van der Waals surface area contributed by atoms with E-state index < -0.39 is 5.82 Å². The highest BCUT2D eigenvalue weighted by Crippen LogP contribution is 2.33. The highest BCUT2D eigenvalue weighted by molar-refractivity contribution is 6.05. The van der Waals surface area contributed by atoms with Gasteiger partial charge in [0.15, 0.2) is 0 Å². The van der Waals surface area contributed by atoms with Crippen molar-refractivity contribution in [3.8, 4) is 0 Å². The van der Waals surface area contributed by atoms with Crippen molar-refractivity contribution >= 4 is 17.5 Å². The molecule has 1 atom stereocenters. The third-order valence-electron chi connectivity index (χ3n) is 5.52. The van der Waals surface area contributed by atoms with Crippen LogP contribution in [0.3, 0.4) is 0 Å². The Morgan fingerprint density at radius 3 is 2.86 bits per heavy atom. The maximum atomic E-state index is 13.5. The molecule has 0 saturated carbocycles. The van der Waals surface area contributed by atoms with Crippen molar-refractivity contribution in [2.45, 2.75) is 45.1 Å². The van der Waals surface area contributed by atoms with Crippen LogP contribution in [-0.2, 0) is 11.2 Å². The predicted octanol–water partition coefficient (Wildman–Crippen LogP) is 5.16. The molecule has 148 valence electrons. The smallest absolute Gasteiger partial charge is 0.291 e. The maximum absolute atomic E-state index is 13.5. The molecule has 1 heterocycles. The van der Waals surface area contributed by atoms with E-state index in [9.17, 15) is 14.0 Å². The van der Waals surface area contributed by atoms with Gasteiger partial charge in [0.05, 0.1) is 6.04 Å². The molecule has 1 unspecified atom stereocenters. The van der Waals surface area contributed by atoms with Crippen molar-refractivity contribution in [2.75, 3.05) is 5.32 Å². The fourth-order valence-electron chi connectivity index (χ4n) is 3.99. The van der Waals surface area contributed by atoms with E-state index in [1.54, 1.807) is 19.1 Å². The topological polar surface area (TPSA) is 70.9 Å². The van der Waals surface area contributed by atoms with Crippen LogP contribution < -0.4 is 5.32 Å². The summed E-state index contributed by atoms with van der Waals surface area (Å²) in [5, 5.41) is 10.9. The van der Waals surface area contributed by atoms with Gasteiger partial charge in [-0.3, -0.25) is 9.59 Å². The Labute approximate surface area is 168 Å². The van der Waals surface area contributed by atoms with Crippen LogP contribution in [0.4, 0.5) is 10.1 Å². The Morgan fingerprint density at radius 1 is 1.17 bits per heavy atom. The molecule has 2 amide bonds. The van der Waals surface area contributed by atoms with Crippen molar-refractivity contribution in [1.82, 2.24) is 0 Å². The van der Waals surface area contributed by atoms with Gasteiger partial charge in [0, 0.05) is 23.2 Å². The van der Waals surface area contributed by atoms with Crippen molar-refractivity contribution < 1.29 is 14.0 Å². The van der Waals surface area contributed by atoms with Crippen molar-refractivity contribution in [3.05, 3.63) is 76.1 Å². The molecule has 1 aliphatic heterocycles. The van der Waals surface area contributed by atoms with E-state index in [1.165, 1.54) is 12.1 Å². The zero-order chi connectivity index (χ0) is 20.4. The molecule has 4 rings (SSSR count). The number of carbonyl (C=O) groups excluding carboxylic acids is 2. The van der Waals surface area contributed by atoms with E-state index in [4.69, 9.17) is 0 Å². The first-order valence-electron chi connectivity index (χ1n) is 9.85. The monoisotopic (exact) mass is 391 g/mol. The van der Waals surface area contributed by atoms with Gasteiger partial charge in [-0.25, -0.2) is 4.39 Å². The molecule has 0 bridgehead atoms. The first-order chi connectivity index (χ1) is 14.0. The van der Waals surface area contributed by atoms with Gasteiger partial charge in [-0.05, 0) is 73.6 Å². The van der Waals surface area contributed by atoms with Gasteiger partial charge in [0.25, 0.3) is 11.8 Å². The van der Waals surface area contributed by atoms with Crippen LogP contribution in [0.2, 0.25) is 0 Å². The molecule has 0 fully saturated rings. The van der Waals surface area contributed by atoms with E-state index in [0.29, 0.717) is 23.2 Å². The number of rotatable bonds is 4. The van der Waals surface area contributed by atoms with Gasteiger partial charge < -0.3 is 5.32 Å². The van der Waals surface area contributed by atoms with Gasteiger partial charge in [0.2, 0.25) is 0 Å². The molecule has 29 heavy (non-hydrogen) atoms. The normalized spacial score (nSPS) is 18.6. The number of hydrogen-bond acceptors (Lipinski definition) is 3. The van der Waals surface area contributed by atoms with Gasteiger partial charge >= 0.3 is 0 Å². The van der Waals surface area contributed by atoms with Crippen molar-refractivity contribution in [3.63, 3.8) is 0 Å². The third kappa shape index (κ3) is 4.16. The second-order valence-electron chi connectivity index (χ2n) is 7.57. The minimum Gasteiger partial charge on any atom is -0.322 e. The predicted molar refractivity (Wildman–Crippen MR) is 108 cm³/mol. The number of anilines is 1. The number of carbonyl (C=O) groups is 2. The van der Waals surface area contributed by atoms with Gasteiger partial charge in [-0.15, -0.1) is 5.11 Å². The first-order valence-corrected chi connectivity index (χ1v) is 9.85. The number of halogens is 1. The van der Waals surface area contributed by atoms with E-state index in [0.717, 1.165) is 42.4 Å². The molecule has 0 aromatic heterocycles. The molecule has 1 aliphatic carbocycles. The summed E-state index contributed by atoms with van der Waals surface area (Å²) in [7, 11) is 0. The minimum absolute atomic E-state index is 0.126. The molecule has 2 aromatic carbocycles. The zero-order valence-electron chi connectivity index (χ0n) is 16.2. The van der Waals surface area contributed by atoms with Gasteiger partial charge in [-0.1, -0.05) is 18.2 Å². The summed E-state index contributed by atoms with van der Waals surface area (Å²) in [6, 6.07) is 11.6. The molecule has 0 saturated heterocycles. The molecular formula is C23H22FN3O2. The first kappa shape index (κ1) is 19.2. The number of nitrogens with one attached hydrogen (secondary N) is 1. The zero-order valence-corrected chi connectivity index (χ0v) is 16.2. The molecule has 5 nitrogen and oxygen atoms in total. The SMILES string of the molecule is Cc1ccc(F)cc1C(=O)Nc1cccc(CC2N=NC(=O)C3=C2CCCC3)c1. The molecule has 0 spiro atoms. The number of aryl methyl sites for hydroxylation is 1. The van der Waals surface area contributed by atoms with E-state index >= 15 is 0 Å². The van der Waals surface area contributed by atoms with Crippen LogP contribution in [0.15, 0.2) is 63.8 Å². The van der Waals surface area contributed by atoms with E-state index in [1.807, 2.05) is 18.2 Å². The fourth-order valence-corrected chi connectivity index (χ4v) is 3.99. The largest absolute Gasteiger partial charge is 0.322 e. The Kier molecular flexibility index (Phi) is 5.34. The molecule has 0 radical (unpaired) electrons. The maximum Gasteiger partial charge on any atom is 0.291 e. The van der Waals surface area contributed by atoms with Gasteiger partial charge in [0.1, 0.15) is 5.82 Å². The number of benzene rings is 2. The number of nitrogens with zero attached hydrogens (tertiary/aromatic N) is 2. The number of azo groups is 1. The Morgan fingerprint density at radius 2 is 2.00 bits per heavy atom. The van der Waals surface area contributed by atoms with Crippen LogP contribution in [0.1, 0.15) is 47.2 Å². The molecule has 1 N–H and O–H groups in total. The summed E-state index contributed by atoms with van der Waals surface area (Å²) >= 11 is 0. The number of hydrogen-bond donors (Lipinski definition) is 1. The molecule has 2 aliphatic rings. The third-order valence-corrected chi connectivity index (χ3v) is 5.52. The molecular weight excluding hydrogens is 369 g/mol. The van der Waals surface area contributed by atoms with Crippen molar-refractivity contribution in [2.24, 2.45) is 10.2 Å². The molecule has 6 heteroatoms. The van der Waals surface area contributed by atoms with Crippen LogP contribution in [0.5, 0.6) is 0 Å². The second-order valence-corrected chi connectivity index (χ2v) is 7.57. The van der Waals surface area contributed by atoms with Crippen LogP contribution in [0.25, 0.3) is 0 Å². The van der Waals surface area contributed by atoms with Crippen LogP contribution in [0, 0.1) is 12.7 Å². The quantitative estimate of drug-likeness (QED) is 0.782. The Hall–Kier alpha value is -3.15. The average molecular weight is 391 g/mol. The summed E-state index contributed by atoms with van der Waals surface area (Å²) < 4.78 is 13.5. The summed E-state index contributed by atoms with van der Waals surface area (Å²) in [6.45, 7) is 1.77. The van der Waals surface area contributed by atoms with Crippen molar-refractivity contribution in [1.29, 1.82) is 0 Å². The summed E-state index contributed by atoms with van der Waals surface area (Å²) in [4.78, 5) is 24.6. The summed E-state index contributed by atoms with van der Waals surface area (Å²) in [5.74, 6) is -0.981. The lowest BCUT2D eigenvalue weighted by Crippen LogP contribution is -2.23. The summed E-state index contributed by atoms with van der Waals surface area (Å²) in [6.07, 6.45) is 4.39. The Bertz CT molecular complexity index is 1040. The highest BCUT2D eigenvalue weighted by atomic mass is 19.1. The number of amides is 2. The lowest BCUT2D eigenvalue weighted by Gasteiger charge is -2.25.